The average molecular weight is 257 g/mol. The maximum atomic E-state index is 11.2. The monoisotopic (exact) mass is 257 g/mol. The Morgan fingerprint density at radius 3 is 2.76 bits per heavy atom. The number of hydrogen-bond acceptors (Lipinski definition) is 4. The topological polar surface area (TPSA) is 107 Å². The number of carboxylic acids is 1. The fraction of sp³-hybridized carbons (Fsp3) is 0.200. The third-order valence-electron chi connectivity index (χ3n) is 2.36. The van der Waals surface area contributed by atoms with Crippen LogP contribution in [-0.4, -0.2) is 31.8 Å². The summed E-state index contributed by atoms with van der Waals surface area (Å²) in [6.07, 6.45) is -0.178. The Bertz CT molecular complexity index is 499. The van der Waals surface area contributed by atoms with Crippen LogP contribution in [-0.2, 0) is 16.0 Å². The summed E-state index contributed by atoms with van der Waals surface area (Å²) in [5.74, 6) is -1.82. The second-order valence-corrected chi connectivity index (χ2v) is 5.82. The quantitative estimate of drug-likeness (QED) is 0.640. The number of hydrogen-bond donors (Lipinski definition) is 4. The average Bonchev–Trinajstić information content (AvgIpc) is 2.13. The number of nitrogens with one attached hydrogen (secondary N) is 1. The van der Waals surface area contributed by atoms with E-state index in [4.69, 9.17) is 5.11 Å². The van der Waals surface area contributed by atoms with E-state index in [9.17, 15) is 18.7 Å². The predicted octanol–water partition coefficient (Wildman–Crippen LogP) is 1.38. The SMILES string of the molecule is O=C(O)Cc1ccc2c(c1)NC(=O)CS2(O)O. The van der Waals surface area contributed by atoms with Crippen molar-refractivity contribution in [3.63, 3.8) is 0 Å². The molecule has 1 aromatic rings. The molecular formula is C10H11NO5S. The molecule has 4 N–H and O–H groups in total. The number of carbonyl (C=O) groups excluding carboxylic acids is 1. The fourth-order valence-electron chi connectivity index (χ4n) is 1.69. The van der Waals surface area contributed by atoms with E-state index >= 15 is 0 Å². The molecule has 0 radical (unpaired) electrons. The lowest BCUT2D eigenvalue weighted by Gasteiger charge is -2.37. The molecule has 0 spiro atoms. The van der Waals surface area contributed by atoms with Crippen molar-refractivity contribution in [2.45, 2.75) is 11.3 Å². The number of benzene rings is 1. The normalized spacial score (nSPS) is 19.1. The third-order valence-corrected chi connectivity index (χ3v) is 4.08. The zero-order valence-electron chi connectivity index (χ0n) is 8.71. The van der Waals surface area contributed by atoms with Crippen LogP contribution in [0.25, 0.3) is 0 Å². The van der Waals surface area contributed by atoms with Gasteiger partial charge in [-0.05, 0) is 17.7 Å². The lowest BCUT2D eigenvalue weighted by atomic mass is 10.1. The minimum Gasteiger partial charge on any atom is -0.481 e. The van der Waals surface area contributed by atoms with Crippen molar-refractivity contribution in [3.8, 4) is 0 Å². The van der Waals surface area contributed by atoms with Gasteiger partial charge in [-0.3, -0.25) is 18.7 Å². The Morgan fingerprint density at radius 1 is 1.41 bits per heavy atom. The first kappa shape index (κ1) is 11.9. The van der Waals surface area contributed by atoms with Crippen LogP contribution < -0.4 is 5.32 Å². The van der Waals surface area contributed by atoms with Crippen molar-refractivity contribution >= 4 is 28.2 Å². The lowest BCUT2D eigenvalue weighted by Crippen LogP contribution is -2.27. The molecule has 6 nitrogen and oxygen atoms in total. The van der Waals surface area contributed by atoms with E-state index < -0.39 is 22.5 Å². The van der Waals surface area contributed by atoms with Crippen molar-refractivity contribution in [2.75, 3.05) is 11.1 Å². The molecule has 1 aliphatic heterocycles. The number of amides is 1. The van der Waals surface area contributed by atoms with Crippen LogP contribution in [0, 0.1) is 0 Å². The Labute approximate surface area is 98.6 Å². The molecule has 92 valence electrons. The number of fused-ring (bicyclic) bond motifs is 1. The number of rotatable bonds is 2. The first-order chi connectivity index (χ1) is 7.88. The van der Waals surface area contributed by atoms with E-state index in [0.29, 0.717) is 5.56 Å². The maximum absolute atomic E-state index is 11.2. The molecule has 1 amide bonds. The Hall–Kier alpha value is -1.57. The second-order valence-electron chi connectivity index (χ2n) is 3.76. The van der Waals surface area contributed by atoms with Crippen molar-refractivity contribution in [2.24, 2.45) is 0 Å². The van der Waals surface area contributed by atoms with Gasteiger partial charge >= 0.3 is 5.97 Å². The van der Waals surface area contributed by atoms with Crippen LogP contribution in [0.5, 0.6) is 0 Å². The summed E-state index contributed by atoms with van der Waals surface area (Å²) in [4.78, 5) is 22.1. The van der Waals surface area contributed by atoms with Gasteiger partial charge in [0.15, 0.2) is 0 Å². The van der Waals surface area contributed by atoms with E-state index in [1.54, 1.807) is 0 Å². The third kappa shape index (κ3) is 2.41. The zero-order valence-corrected chi connectivity index (χ0v) is 9.53. The molecule has 0 aliphatic carbocycles. The van der Waals surface area contributed by atoms with Crippen LogP contribution in [0.1, 0.15) is 5.56 Å². The maximum Gasteiger partial charge on any atom is 0.307 e. The summed E-state index contributed by atoms with van der Waals surface area (Å²) in [6, 6.07) is 4.41. The van der Waals surface area contributed by atoms with E-state index in [1.165, 1.54) is 18.2 Å². The standard InChI is InChI=1S/C10H11NO5S/c12-9-5-17(15,16)8-2-1-6(4-10(13)14)3-7(8)11-9/h1-3,15-16H,4-5H2,(H,11,12)(H,13,14). The molecule has 0 unspecified atom stereocenters. The van der Waals surface area contributed by atoms with Crippen molar-refractivity contribution < 1.29 is 23.8 Å². The molecule has 0 aromatic heterocycles. The molecule has 1 heterocycles. The molecule has 17 heavy (non-hydrogen) atoms. The molecular weight excluding hydrogens is 246 g/mol. The van der Waals surface area contributed by atoms with Crippen molar-refractivity contribution in [3.05, 3.63) is 23.8 Å². The van der Waals surface area contributed by atoms with Crippen molar-refractivity contribution in [1.29, 1.82) is 0 Å². The number of carboxylic acid groups (broad SMARTS) is 1. The van der Waals surface area contributed by atoms with Gasteiger partial charge < -0.3 is 10.4 Å². The van der Waals surface area contributed by atoms with Crippen LogP contribution in [0.15, 0.2) is 23.1 Å². The minimum absolute atomic E-state index is 0.178. The summed E-state index contributed by atoms with van der Waals surface area (Å²) in [7, 11) is -3.10. The van der Waals surface area contributed by atoms with E-state index in [1.807, 2.05) is 0 Å². The number of aliphatic carboxylic acids is 1. The van der Waals surface area contributed by atoms with Gasteiger partial charge in [0, 0.05) is 0 Å². The van der Waals surface area contributed by atoms with Gasteiger partial charge in [0.05, 0.1) is 17.0 Å². The molecule has 0 saturated carbocycles. The fourth-order valence-corrected chi connectivity index (χ4v) is 3.03. The van der Waals surface area contributed by atoms with Gasteiger partial charge in [-0.2, -0.15) is 10.6 Å². The highest BCUT2D eigenvalue weighted by Crippen LogP contribution is 2.53. The molecule has 0 fully saturated rings. The smallest absolute Gasteiger partial charge is 0.307 e. The summed E-state index contributed by atoms with van der Waals surface area (Å²) in [6.45, 7) is 0. The van der Waals surface area contributed by atoms with Gasteiger partial charge in [-0.15, -0.1) is 0 Å². The molecule has 1 aliphatic rings. The molecule has 7 heteroatoms. The Kier molecular flexibility index (Phi) is 2.82. The number of carbonyl (C=O) groups is 2. The summed E-state index contributed by atoms with van der Waals surface area (Å²) in [5, 5.41) is 11.1. The highest BCUT2D eigenvalue weighted by Gasteiger charge is 2.29. The molecule has 2 rings (SSSR count). The molecule has 0 bridgehead atoms. The summed E-state index contributed by atoms with van der Waals surface area (Å²) >= 11 is 0. The Balaban J connectivity index is 2.42. The van der Waals surface area contributed by atoms with E-state index in [-0.39, 0.29) is 22.8 Å². The van der Waals surface area contributed by atoms with Crippen LogP contribution >= 0.6 is 10.6 Å². The van der Waals surface area contributed by atoms with Gasteiger partial charge in [-0.1, -0.05) is 6.07 Å². The number of anilines is 1. The predicted molar refractivity (Wildman–Crippen MR) is 62.4 cm³/mol. The minimum atomic E-state index is -3.10. The lowest BCUT2D eigenvalue weighted by molar-refractivity contribution is -0.136. The highest BCUT2D eigenvalue weighted by molar-refractivity contribution is 8.25. The first-order valence-electron chi connectivity index (χ1n) is 4.79. The summed E-state index contributed by atoms with van der Waals surface area (Å²) in [5.41, 5.74) is 0.772. The van der Waals surface area contributed by atoms with Gasteiger partial charge in [-0.25, -0.2) is 0 Å². The molecule has 0 atom stereocenters. The van der Waals surface area contributed by atoms with E-state index in [2.05, 4.69) is 5.32 Å². The van der Waals surface area contributed by atoms with E-state index in [0.717, 1.165) is 0 Å². The molecule has 1 aromatic carbocycles. The first-order valence-corrected chi connectivity index (χ1v) is 6.50. The summed E-state index contributed by atoms with van der Waals surface area (Å²) < 4.78 is 19.5. The van der Waals surface area contributed by atoms with Crippen LogP contribution in [0.4, 0.5) is 5.69 Å². The Morgan fingerprint density at radius 2 is 2.12 bits per heavy atom. The van der Waals surface area contributed by atoms with Crippen molar-refractivity contribution in [1.82, 2.24) is 0 Å². The largest absolute Gasteiger partial charge is 0.481 e. The van der Waals surface area contributed by atoms with Crippen LogP contribution in [0.2, 0.25) is 0 Å². The second kappa shape index (κ2) is 4.02. The zero-order chi connectivity index (χ0) is 12.6. The molecule has 0 saturated heterocycles. The highest BCUT2D eigenvalue weighted by atomic mass is 32.3. The van der Waals surface area contributed by atoms with Crippen LogP contribution in [0.3, 0.4) is 0 Å². The van der Waals surface area contributed by atoms with Gasteiger partial charge in [0.25, 0.3) is 0 Å². The van der Waals surface area contributed by atoms with Gasteiger partial charge in [0.1, 0.15) is 5.75 Å². The van der Waals surface area contributed by atoms with Gasteiger partial charge in [0.2, 0.25) is 5.91 Å².